The van der Waals surface area contributed by atoms with Crippen LogP contribution in [0.2, 0.25) is 0 Å². The van der Waals surface area contributed by atoms with Crippen molar-refractivity contribution in [3.05, 3.63) is 77.4 Å². The van der Waals surface area contributed by atoms with Gasteiger partial charge in [0.2, 0.25) is 5.91 Å². The molecule has 0 fully saturated rings. The third-order valence-corrected chi connectivity index (χ3v) is 5.52. The van der Waals surface area contributed by atoms with E-state index >= 15 is 0 Å². The Hall–Kier alpha value is -3.41. The average Bonchev–Trinajstić information content (AvgIpc) is 3.10. The highest BCUT2D eigenvalue weighted by Gasteiger charge is 2.29. The molecule has 6 heteroatoms. The van der Waals surface area contributed by atoms with Crippen molar-refractivity contribution >= 4 is 28.4 Å². The molecule has 2 amide bonds. The van der Waals surface area contributed by atoms with E-state index in [4.69, 9.17) is 0 Å². The summed E-state index contributed by atoms with van der Waals surface area (Å²) in [7, 11) is 0. The number of nitrogens with one attached hydrogen (secondary N) is 2. The lowest BCUT2D eigenvalue weighted by atomic mass is 9.86. The number of hydrogen-bond acceptors (Lipinski definition) is 2. The van der Waals surface area contributed by atoms with Gasteiger partial charge < -0.3 is 15.2 Å². The van der Waals surface area contributed by atoms with Crippen LogP contribution >= 0.6 is 0 Å². The number of aromatic nitrogens is 1. The second-order valence-corrected chi connectivity index (χ2v) is 7.66. The van der Waals surface area contributed by atoms with Crippen LogP contribution in [0.1, 0.15) is 36.8 Å². The highest BCUT2D eigenvalue weighted by molar-refractivity contribution is 6.07. The van der Waals surface area contributed by atoms with Gasteiger partial charge in [-0.3, -0.25) is 9.59 Å². The van der Waals surface area contributed by atoms with Crippen LogP contribution in [0.25, 0.3) is 10.9 Å². The summed E-state index contributed by atoms with van der Waals surface area (Å²) in [6.45, 7) is 4.99. The zero-order valence-electron chi connectivity index (χ0n) is 17.0. The van der Waals surface area contributed by atoms with Gasteiger partial charge in [-0.25, -0.2) is 4.39 Å². The van der Waals surface area contributed by atoms with Crippen LogP contribution < -0.4 is 10.6 Å². The number of halogens is 1. The normalized spacial score (nSPS) is 16.3. The Bertz CT molecular complexity index is 1150. The first-order valence-corrected chi connectivity index (χ1v) is 10.1. The van der Waals surface area contributed by atoms with E-state index in [2.05, 4.69) is 40.5 Å². The molecule has 154 valence electrons. The van der Waals surface area contributed by atoms with Crippen LogP contribution in [0.4, 0.5) is 10.1 Å². The van der Waals surface area contributed by atoms with Crippen LogP contribution in [0, 0.1) is 12.7 Å². The van der Waals surface area contributed by atoms with E-state index in [1.54, 1.807) is 12.1 Å². The molecule has 5 nitrogen and oxygen atoms in total. The van der Waals surface area contributed by atoms with E-state index in [-0.39, 0.29) is 24.1 Å². The minimum Gasteiger partial charge on any atom is -0.347 e. The van der Waals surface area contributed by atoms with Crippen molar-refractivity contribution in [3.8, 4) is 0 Å². The Morgan fingerprint density at radius 1 is 1.23 bits per heavy atom. The first-order chi connectivity index (χ1) is 14.5. The van der Waals surface area contributed by atoms with E-state index in [1.807, 2.05) is 13.0 Å². The van der Waals surface area contributed by atoms with Crippen LogP contribution in [0.3, 0.4) is 0 Å². The maximum absolute atomic E-state index is 13.3. The number of anilines is 1. The standard InChI is InChI=1S/C24H24FN3O2/c1-3-9-28-10-8-17-11-15(2)21(13-22(17)28)27-24(30)20-14-26-23(29)12-19(20)16-4-6-18(25)7-5-16/h4-8,10-11,13-14,19H,3,9,12H2,1-2H3,(H,26,29)(H,27,30). The molecular weight excluding hydrogens is 381 g/mol. The summed E-state index contributed by atoms with van der Waals surface area (Å²) in [6.07, 6.45) is 4.68. The molecule has 30 heavy (non-hydrogen) atoms. The van der Waals surface area contributed by atoms with E-state index in [0.717, 1.165) is 40.7 Å². The van der Waals surface area contributed by atoms with Crippen molar-refractivity contribution in [3.63, 3.8) is 0 Å². The number of carbonyl (C=O) groups is 2. The third kappa shape index (κ3) is 3.85. The highest BCUT2D eigenvalue weighted by atomic mass is 19.1. The summed E-state index contributed by atoms with van der Waals surface area (Å²) in [5.41, 5.74) is 3.95. The summed E-state index contributed by atoms with van der Waals surface area (Å²) >= 11 is 0. The number of benzene rings is 2. The number of nitrogens with zero attached hydrogens (tertiary/aromatic N) is 1. The lowest BCUT2D eigenvalue weighted by Crippen LogP contribution is -2.32. The van der Waals surface area contributed by atoms with Gasteiger partial charge in [0, 0.05) is 42.5 Å². The smallest absolute Gasteiger partial charge is 0.253 e. The van der Waals surface area contributed by atoms with Crippen molar-refractivity contribution in [2.45, 2.75) is 39.2 Å². The molecule has 0 radical (unpaired) electrons. The molecule has 1 atom stereocenters. The summed E-state index contributed by atoms with van der Waals surface area (Å²) in [6, 6.07) is 12.1. The Labute approximate surface area is 174 Å². The second-order valence-electron chi connectivity index (χ2n) is 7.66. The van der Waals surface area contributed by atoms with Crippen LogP contribution in [0.5, 0.6) is 0 Å². The molecule has 0 aliphatic carbocycles. The van der Waals surface area contributed by atoms with E-state index in [9.17, 15) is 14.0 Å². The zero-order valence-corrected chi connectivity index (χ0v) is 17.0. The second kappa shape index (κ2) is 8.14. The number of carbonyl (C=O) groups excluding carboxylic acids is 2. The number of fused-ring (bicyclic) bond motifs is 1. The van der Waals surface area contributed by atoms with Gasteiger partial charge in [-0.05, 0) is 60.2 Å². The van der Waals surface area contributed by atoms with E-state index < -0.39 is 5.92 Å². The van der Waals surface area contributed by atoms with Crippen molar-refractivity contribution in [1.29, 1.82) is 0 Å². The Kier molecular flexibility index (Phi) is 5.40. The lowest BCUT2D eigenvalue weighted by Gasteiger charge is -2.24. The van der Waals surface area contributed by atoms with E-state index in [1.165, 1.54) is 18.3 Å². The number of rotatable bonds is 5. The molecule has 1 unspecified atom stereocenters. The van der Waals surface area contributed by atoms with Crippen LogP contribution in [-0.2, 0) is 16.1 Å². The fraction of sp³-hybridized carbons (Fsp3) is 0.250. The fourth-order valence-corrected chi connectivity index (χ4v) is 3.95. The molecule has 1 aliphatic heterocycles. The third-order valence-electron chi connectivity index (χ3n) is 5.52. The van der Waals surface area contributed by atoms with Crippen molar-refractivity contribution in [2.75, 3.05) is 5.32 Å². The lowest BCUT2D eigenvalue weighted by molar-refractivity contribution is -0.121. The van der Waals surface area contributed by atoms with E-state index in [0.29, 0.717) is 5.57 Å². The van der Waals surface area contributed by atoms with Crippen LogP contribution in [-0.4, -0.2) is 16.4 Å². The van der Waals surface area contributed by atoms with Gasteiger partial charge in [-0.1, -0.05) is 19.1 Å². The predicted molar refractivity (Wildman–Crippen MR) is 116 cm³/mol. The average molecular weight is 405 g/mol. The summed E-state index contributed by atoms with van der Waals surface area (Å²) in [4.78, 5) is 25.1. The number of amides is 2. The van der Waals surface area contributed by atoms with Gasteiger partial charge in [0.15, 0.2) is 0 Å². The van der Waals surface area contributed by atoms with Gasteiger partial charge in [0.05, 0.1) is 5.52 Å². The fourth-order valence-electron chi connectivity index (χ4n) is 3.95. The molecule has 0 spiro atoms. The van der Waals surface area contributed by atoms with Gasteiger partial charge in [-0.2, -0.15) is 0 Å². The monoisotopic (exact) mass is 405 g/mol. The minimum atomic E-state index is -0.424. The largest absolute Gasteiger partial charge is 0.347 e. The predicted octanol–water partition coefficient (Wildman–Crippen LogP) is 4.62. The molecule has 0 saturated heterocycles. The zero-order chi connectivity index (χ0) is 21.3. The highest BCUT2D eigenvalue weighted by Crippen LogP contribution is 2.32. The number of aryl methyl sites for hydroxylation is 2. The Morgan fingerprint density at radius 3 is 2.73 bits per heavy atom. The van der Waals surface area contributed by atoms with Crippen LogP contribution in [0.15, 0.2) is 60.4 Å². The molecule has 2 heterocycles. The van der Waals surface area contributed by atoms with Crippen molar-refractivity contribution in [1.82, 2.24) is 9.88 Å². The van der Waals surface area contributed by atoms with Gasteiger partial charge >= 0.3 is 0 Å². The molecule has 1 aromatic heterocycles. The molecule has 0 saturated carbocycles. The maximum atomic E-state index is 13.3. The molecular formula is C24H24FN3O2. The van der Waals surface area contributed by atoms with Crippen molar-refractivity contribution in [2.24, 2.45) is 0 Å². The molecule has 1 aliphatic rings. The molecule has 3 aromatic rings. The van der Waals surface area contributed by atoms with Crippen molar-refractivity contribution < 1.29 is 14.0 Å². The molecule has 2 aromatic carbocycles. The first-order valence-electron chi connectivity index (χ1n) is 10.1. The number of hydrogen-bond donors (Lipinski definition) is 2. The summed E-state index contributed by atoms with van der Waals surface area (Å²) in [5, 5.41) is 6.78. The molecule has 4 rings (SSSR count). The quantitative estimate of drug-likeness (QED) is 0.650. The topological polar surface area (TPSA) is 63.1 Å². The first kappa shape index (κ1) is 19.9. The summed E-state index contributed by atoms with van der Waals surface area (Å²) < 4.78 is 15.5. The van der Waals surface area contributed by atoms with Gasteiger partial charge in [0.25, 0.3) is 5.91 Å². The maximum Gasteiger partial charge on any atom is 0.253 e. The summed E-state index contributed by atoms with van der Waals surface area (Å²) in [5.74, 6) is -1.23. The minimum absolute atomic E-state index is 0.141. The Morgan fingerprint density at radius 2 is 2.00 bits per heavy atom. The molecule has 0 bridgehead atoms. The SMILES string of the molecule is CCCn1ccc2cc(C)c(NC(=O)C3=CNC(=O)CC3c3ccc(F)cc3)cc21. The molecule has 2 N–H and O–H groups in total. The van der Waals surface area contributed by atoms with Gasteiger partial charge in [-0.15, -0.1) is 0 Å². The van der Waals surface area contributed by atoms with Gasteiger partial charge in [0.1, 0.15) is 5.82 Å². The Balaban J connectivity index is 1.64.